The molecular formula is C4H13NO3. The average molecular weight is 123 g/mol. The van der Waals surface area contributed by atoms with Crippen molar-refractivity contribution in [2.45, 2.75) is 19.8 Å². The lowest BCUT2D eigenvalue weighted by Gasteiger charge is -1.80. The van der Waals surface area contributed by atoms with E-state index in [-0.39, 0.29) is 0 Å². The number of hydrogen-bond donors (Lipinski definition) is 3. The third-order valence-corrected chi connectivity index (χ3v) is 0.558. The molecule has 0 aromatic rings. The highest BCUT2D eigenvalue weighted by molar-refractivity contribution is 4.29. The van der Waals surface area contributed by atoms with E-state index in [2.05, 4.69) is 12.0 Å². The van der Waals surface area contributed by atoms with Gasteiger partial charge in [0.1, 0.15) is 0 Å². The molecule has 0 aliphatic carbocycles. The molecule has 0 aliphatic rings. The number of rotatable bonds is 2. The van der Waals surface area contributed by atoms with Gasteiger partial charge in [0, 0.05) is 0 Å². The summed E-state index contributed by atoms with van der Waals surface area (Å²) in [4.78, 5) is 0. The SMILES string of the molecule is CCCCN.OOO. The van der Waals surface area contributed by atoms with Crippen molar-refractivity contribution in [3.05, 3.63) is 0 Å². The zero-order valence-electron chi connectivity index (χ0n) is 5.00. The van der Waals surface area contributed by atoms with E-state index in [1.54, 1.807) is 0 Å². The molecule has 4 heteroatoms. The van der Waals surface area contributed by atoms with Crippen molar-refractivity contribution in [1.29, 1.82) is 0 Å². The van der Waals surface area contributed by atoms with Gasteiger partial charge in [-0.3, -0.25) is 0 Å². The normalized spacial score (nSPS) is 7.50. The summed E-state index contributed by atoms with van der Waals surface area (Å²) in [6, 6.07) is 0. The summed E-state index contributed by atoms with van der Waals surface area (Å²) in [6.45, 7) is 2.98. The van der Waals surface area contributed by atoms with Crippen LogP contribution >= 0.6 is 0 Å². The van der Waals surface area contributed by atoms with E-state index in [1.165, 1.54) is 12.8 Å². The second kappa shape index (κ2) is 15.8. The molecule has 0 heterocycles. The maximum absolute atomic E-state index is 6.62. The fourth-order valence-electron chi connectivity index (χ4n) is 0.204. The Morgan fingerprint density at radius 1 is 1.50 bits per heavy atom. The molecular weight excluding hydrogens is 110 g/mol. The maximum atomic E-state index is 6.62. The Bertz CT molecular complexity index is 25.2. The third-order valence-electron chi connectivity index (χ3n) is 0.558. The van der Waals surface area contributed by atoms with Gasteiger partial charge in [-0.2, -0.15) is 0 Å². The van der Waals surface area contributed by atoms with Gasteiger partial charge in [0.05, 0.1) is 0 Å². The molecule has 0 aromatic carbocycles. The Balaban J connectivity index is 0. The monoisotopic (exact) mass is 123 g/mol. The molecule has 0 fully saturated rings. The van der Waals surface area contributed by atoms with Gasteiger partial charge in [-0.15, -0.1) is 0 Å². The third kappa shape index (κ3) is 40.4. The van der Waals surface area contributed by atoms with Crippen molar-refractivity contribution in [1.82, 2.24) is 0 Å². The summed E-state index contributed by atoms with van der Waals surface area (Å²) in [5.41, 5.74) is 5.14. The maximum Gasteiger partial charge on any atom is -0.00774 e. The molecule has 0 atom stereocenters. The first-order valence-corrected chi connectivity index (χ1v) is 2.48. The lowest BCUT2D eigenvalue weighted by atomic mass is 10.3. The van der Waals surface area contributed by atoms with Gasteiger partial charge in [-0.25, -0.2) is 10.5 Å². The summed E-state index contributed by atoms with van der Waals surface area (Å²) in [5.74, 6) is 0. The highest BCUT2D eigenvalue weighted by Gasteiger charge is 1.67. The fraction of sp³-hybridized carbons (Fsp3) is 1.00. The molecule has 0 spiro atoms. The topological polar surface area (TPSA) is 75.7 Å². The Morgan fingerprint density at radius 3 is 1.88 bits per heavy atom. The van der Waals surface area contributed by atoms with Crippen molar-refractivity contribution in [2.24, 2.45) is 5.73 Å². The largest absolute Gasteiger partial charge is 0.330 e. The molecule has 0 aromatic heterocycles. The molecule has 0 bridgehead atoms. The van der Waals surface area contributed by atoms with E-state index in [1.807, 2.05) is 0 Å². The van der Waals surface area contributed by atoms with Gasteiger partial charge in [0.25, 0.3) is 0 Å². The minimum atomic E-state index is 0.844. The Kier molecular flexibility index (Phi) is 21.3. The lowest BCUT2D eigenvalue weighted by molar-refractivity contribution is -0.465. The minimum Gasteiger partial charge on any atom is -0.330 e. The predicted octanol–water partition coefficient (Wildman–Crippen LogP) is 0.694. The van der Waals surface area contributed by atoms with Crippen molar-refractivity contribution in [2.75, 3.05) is 6.54 Å². The molecule has 4 nitrogen and oxygen atoms in total. The van der Waals surface area contributed by atoms with E-state index in [9.17, 15) is 0 Å². The van der Waals surface area contributed by atoms with E-state index < -0.39 is 0 Å². The Hall–Kier alpha value is -0.160. The van der Waals surface area contributed by atoms with Gasteiger partial charge in [-0.05, 0) is 13.0 Å². The summed E-state index contributed by atoms with van der Waals surface area (Å²) in [7, 11) is 0. The van der Waals surface area contributed by atoms with Crippen molar-refractivity contribution in [3.63, 3.8) is 0 Å². The van der Waals surface area contributed by atoms with Crippen LogP contribution in [0.15, 0.2) is 0 Å². The van der Waals surface area contributed by atoms with Crippen molar-refractivity contribution in [3.8, 4) is 0 Å². The van der Waals surface area contributed by atoms with Crippen LogP contribution in [0.5, 0.6) is 0 Å². The quantitative estimate of drug-likeness (QED) is 0.373. The molecule has 0 unspecified atom stereocenters. The Labute approximate surface area is 48.7 Å². The molecule has 0 amide bonds. The first-order chi connectivity index (χ1) is 3.83. The summed E-state index contributed by atoms with van der Waals surface area (Å²) >= 11 is 0. The van der Waals surface area contributed by atoms with E-state index in [0.717, 1.165) is 6.54 Å². The van der Waals surface area contributed by atoms with Crippen LogP contribution in [-0.4, -0.2) is 17.1 Å². The van der Waals surface area contributed by atoms with Crippen LogP contribution in [-0.2, 0) is 5.04 Å². The number of hydrogen-bond acceptors (Lipinski definition) is 4. The lowest BCUT2D eigenvalue weighted by Crippen LogP contribution is -1.95. The first kappa shape index (κ1) is 10.8. The highest BCUT2D eigenvalue weighted by Crippen LogP contribution is 1.77. The van der Waals surface area contributed by atoms with E-state index in [4.69, 9.17) is 16.2 Å². The zero-order chi connectivity index (χ0) is 6.83. The van der Waals surface area contributed by atoms with Crippen molar-refractivity contribution >= 4 is 0 Å². The zero-order valence-corrected chi connectivity index (χ0v) is 5.00. The fourth-order valence-corrected chi connectivity index (χ4v) is 0.204. The summed E-state index contributed by atoms with van der Waals surface area (Å²) < 4.78 is 0. The van der Waals surface area contributed by atoms with Crippen LogP contribution in [0.2, 0.25) is 0 Å². The standard InChI is InChI=1S/C4H11N.H2O3/c1-2-3-4-5;1-3-2/h2-5H2,1H3;1-2H. The number of nitrogens with two attached hydrogens (primary N) is 1. The molecule has 8 heavy (non-hydrogen) atoms. The van der Waals surface area contributed by atoms with Crippen LogP contribution in [0, 0.1) is 0 Å². The first-order valence-electron chi connectivity index (χ1n) is 2.48. The van der Waals surface area contributed by atoms with Crippen LogP contribution in [0.3, 0.4) is 0 Å². The van der Waals surface area contributed by atoms with Gasteiger partial charge in [0.2, 0.25) is 0 Å². The van der Waals surface area contributed by atoms with Crippen LogP contribution < -0.4 is 5.73 Å². The van der Waals surface area contributed by atoms with E-state index >= 15 is 0 Å². The average Bonchev–Trinajstić information content (AvgIpc) is 1.71. The van der Waals surface area contributed by atoms with Gasteiger partial charge in [0.15, 0.2) is 0 Å². The molecule has 0 saturated carbocycles. The van der Waals surface area contributed by atoms with Crippen LogP contribution in [0.1, 0.15) is 19.8 Å². The molecule has 0 radical (unpaired) electrons. The number of unbranched alkanes of at least 4 members (excludes halogenated alkanes) is 1. The van der Waals surface area contributed by atoms with Crippen LogP contribution in [0.25, 0.3) is 0 Å². The molecule has 0 saturated heterocycles. The minimum absolute atomic E-state index is 0.844. The summed E-state index contributed by atoms with van der Waals surface area (Å²) in [6.07, 6.45) is 2.39. The van der Waals surface area contributed by atoms with E-state index in [0.29, 0.717) is 0 Å². The van der Waals surface area contributed by atoms with Gasteiger partial charge >= 0.3 is 0 Å². The molecule has 52 valence electrons. The summed E-state index contributed by atoms with van der Waals surface area (Å²) in [5, 5.41) is 15.5. The Morgan fingerprint density at radius 2 is 1.88 bits per heavy atom. The molecule has 0 aliphatic heterocycles. The predicted molar refractivity (Wildman–Crippen MR) is 30.3 cm³/mol. The molecule has 0 rings (SSSR count). The van der Waals surface area contributed by atoms with Gasteiger partial charge in [-0.1, -0.05) is 18.4 Å². The van der Waals surface area contributed by atoms with Crippen molar-refractivity contribution < 1.29 is 15.6 Å². The van der Waals surface area contributed by atoms with Gasteiger partial charge < -0.3 is 5.73 Å². The second-order valence-electron chi connectivity index (χ2n) is 1.22. The highest BCUT2D eigenvalue weighted by atomic mass is 17.4. The van der Waals surface area contributed by atoms with Crippen LogP contribution in [0.4, 0.5) is 0 Å². The molecule has 4 N–H and O–H groups in total. The smallest absolute Gasteiger partial charge is 0.00774 e. The second-order valence-corrected chi connectivity index (χ2v) is 1.22.